The fraction of sp³-hybridized carbons (Fsp3) is 0.231. The number of aromatic nitrogens is 2. The van der Waals surface area contributed by atoms with Gasteiger partial charge >= 0.3 is 0 Å². The Labute approximate surface area is 104 Å². The summed E-state index contributed by atoms with van der Waals surface area (Å²) in [5, 5.41) is 0. The van der Waals surface area contributed by atoms with Crippen molar-refractivity contribution in [1.29, 1.82) is 0 Å². The number of nitrogens with one attached hydrogen (secondary N) is 1. The van der Waals surface area contributed by atoms with Gasteiger partial charge in [0.05, 0.1) is 13.2 Å². The Hall–Kier alpha value is -2.30. The molecule has 1 aromatic carbocycles. The first-order valence-corrected chi connectivity index (χ1v) is 5.63. The molecule has 1 N–H and O–H groups in total. The van der Waals surface area contributed by atoms with Gasteiger partial charge in [0.25, 0.3) is 5.56 Å². The van der Waals surface area contributed by atoms with E-state index in [1.807, 2.05) is 6.92 Å². The van der Waals surface area contributed by atoms with Crippen molar-refractivity contribution in [3.63, 3.8) is 0 Å². The summed E-state index contributed by atoms with van der Waals surface area (Å²) in [6, 6.07) is 8.40. The molecule has 0 saturated heterocycles. The second kappa shape index (κ2) is 5.35. The Morgan fingerprint density at radius 3 is 2.50 bits per heavy atom. The van der Waals surface area contributed by atoms with Crippen LogP contribution in [0.1, 0.15) is 12.7 Å². The molecule has 0 bridgehead atoms. The highest BCUT2D eigenvalue weighted by Gasteiger charge is 2.03. The average molecular weight is 246 g/mol. The quantitative estimate of drug-likeness (QED) is 0.897. The third-order valence-corrected chi connectivity index (χ3v) is 2.38. The maximum absolute atomic E-state index is 11.4. The second-order valence-electron chi connectivity index (χ2n) is 3.66. The molecule has 5 heteroatoms. The van der Waals surface area contributed by atoms with E-state index in [9.17, 15) is 4.79 Å². The predicted molar refractivity (Wildman–Crippen MR) is 67.3 cm³/mol. The number of hydrogen-bond donors (Lipinski definition) is 1. The van der Waals surface area contributed by atoms with Crippen molar-refractivity contribution in [2.24, 2.45) is 0 Å². The van der Waals surface area contributed by atoms with Crippen molar-refractivity contribution >= 4 is 0 Å². The zero-order valence-corrected chi connectivity index (χ0v) is 10.3. The number of methoxy groups -OCH3 is 1. The largest absolute Gasteiger partial charge is 0.497 e. The van der Waals surface area contributed by atoms with Gasteiger partial charge in [-0.05, 0) is 24.3 Å². The number of rotatable bonds is 4. The third kappa shape index (κ3) is 2.88. The molecule has 0 aliphatic rings. The van der Waals surface area contributed by atoms with Gasteiger partial charge in [-0.1, -0.05) is 6.92 Å². The van der Waals surface area contributed by atoms with Crippen LogP contribution in [-0.4, -0.2) is 17.1 Å². The van der Waals surface area contributed by atoms with Crippen molar-refractivity contribution in [3.8, 4) is 17.4 Å². The number of aryl methyl sites for hydroxylation is 1. The number of benzene rings is 1. The van der Waals surface area contributed by atoms with Crippen LogP contribution in [0.4, 0.5) is 0 Å². The zero-order valence-electron chi connectivity index (χ0n) is 10.3. The van der Waals surface area contributed by atoms with Crippen LogP contribution in [0, 0.1) is 0 Å². The van der Waals surface area contributed by atoms with Gasteiger partial charge in [0.2, 0.25) is 5.88 Å². The Kier molecular flexibility index (Phi) is 3.62. The molecule has 0 amide bonds. The Morgan fingerprint density at radius 1 is 1.22 bits per heavy atom. The smallest absolute Gasteiger partial charge is 0.254 e. The Morgan fingerprint density at radius 2 is 1.89 bits per heavy atom. The summed E-state index contributed by atoms with van der Waals surface area (Å²) < 4.78 is 10.6. The van der Waals surface area contributed by atoms with Crippen LogP contribution in [0.5, 0.6) is 17.4 Å². The number of aromatic amines is 1. The van der Waals surface area contributed by atoms with E-state index in [0.29, 0.717) is 23.9 Å². The van der Waals surface area contributed by atoms with Gasteiger partial charge in [-0.25, -0.2) is 0 Å². The van der Waals surface area contributed by atoms with E-state index in [4.69, 9.17) is 9.47 Å². The van der Waals surface area contributed by atoms with Crippen molar-refractivity contribution in [3.05, 3.63) is 46.5 Å². The molecule has 1 heterocycles. The number of H-pyrrole nitrogens is 1. The zero-order chi connectivity index (χ0) is 13.0. The summed E-state index contributed by atoms with van der Waals surface area (Å²) in [5.74, 6) is 2.25. The lowest BCUT2D eigenvalue weighted by Crippen LogP contribution is -2.10. The normalized spacial score (nSPS) is 10.1. The molecule has 0 saturated carbocycles. The summed E-state index contributed by atoms with van der Waals surface area (Å²) >= 11 is 0. The maximum atomic E-state index is 11.4. The number of hydrogen-bond acceptors (Lipinski definition) is 4. The lowest BCUT2D eigenvalue weighted by Gasteiger charge is -2.06. The highest BCUT2D eigenvalue weighted by Crippen LogP contribution is 2.21. The van der Waals surface area contributed by atoms with Crippen molar-refractivity contribution in [2.75, 3.05) is 7.11 Å². The standard InChI is InChI=1S/C13H14N2O3/c1-3-11-14-12(16)8-13(15-11)18-10-6-4-9(17-2)5-7-10/h4-8H,3H2,1-2H3,(H,14,15,16). The molecular formula is C13H14N2O3. The van der Waals surface area contributed by atoms with E-state index < -0.39 is 0 Å². The van der Waals surface area contributed by atoms with E-state index in [1.54, 1.807) is 31.4 Å². The highest BCUT2D eigenvalue weighted by atomic mass is 16.5. The van der Waals surface area contributed by atoms with Crippen LogP contribution in [0.3, 0.4) is 0 Å². The summed E-state index contributed by atoms with van der Waals surface area (Å²) in [5.41, 5.74) is -0.217. The molecule has 0 radical (unpaired) electrons. The summed E-state index contributed by atoms with van der Waals surface area (Å²) in [6.07, 6.45) is 0.648. The molecule has 2 rings (SSSR count). The van der Waals surface area contributed by atoms with Gasteiger partial charge in [0.1, 0.15) is 17.3 Å². The minimum Gasteiger partial charge on any atom is -0.497 e. The SMILES string of the molecule is CCc1nc(Oc2ccc(OC)cc2)cc(=O)[nH]1. The van der Waals surface area contributed by atoms with Crippen LogP contribution in [0.2, 0.25) is 0 Å². The van der Waals surface area contributed by atoms with Crippen LogP contribution >= 0.6 is 0 Å². The second-order valence-corrected chi connectivity index (χ2v) is 3.66. The third-order valence-electron chi connectivity index (χ3n) is 2.38. The molecule has 5 nitrogen and oxygen atoms in total. The molecule has 94 valence electrons. The van der Waals surface area contributed by atoms with E-state index >= 15 is 0 Å². The van der Waals surface area contributed by atoms with Gasteiger partial charge in [-0.3, -0.25) is 4.79 Å². The van der Waals surface area contributed by atoms with E-state index in [-0.39, 0.29) is 5.56 Å². The van der Waals surface area contributed by atoms with Crippen LogP contribution < -0.4 is 15.0 Å². The number of nitrogens with zero attached hydrogens (tertiary/aromatic N) is 1. The van der Waals surface area contributed by atoms with Crippen molar-refractivity contribution in [2.45, 2.75) is 13.3 Å². The molecular weight excluding hydrogens is 232 g/mol. The average Bonchev–Trinajstić information content (AvgIpc) is 2.39. The molecule has 0 aliphatic carbocycles. The molecule has 0 atom stereocenters. The first-order chi connectivity index (χ1) is 8.71. The molecule has 2 aromatic rings. The van der Waals surface area contributed by atoms with E-state index in [1.165, 1.54) is 6.07 Å². The summed E-state index contributed by atoms with van der Waals surface area (Å²) in [7, 11) is 1.60. The predicted octanol–water partition coefficient (Wildman–Crippen LogP) is 2.13. The van der Waals surface area contributed by atoms with E-state index in [2.05, 4.69) is 9.97 Å². The lowest BCUT2D eigenvalue weighted by molar-refractivity contribution is 0.412. The summed E-state index contributed by atoms with van der Waals surface area (Å²) in [4.78, 5) is 18.2. The Balaban J connectivity index is 2.22. The fourth-order valence-electron chi connectivity index (χ4n) is 1.47. The molecule has 1 aromatic heterocycles. The molecule has 0 fully saturated rings. The topological polar surface area (TPSA) is 64.2 Å². The van der Waals surface area contributed by atoms with Crippen LogP contribution in [-0.2, 0) is 6.42 Å². The van der Waals surface area contributed by atoms with Gasteiger partial charge in [-0.15, -0.1) is 0 Å². The fourth-order valence-corrected chi connectivity index (χ4v) is 1.47. The summed E-state index contributed by atoms with van der Waals surface area (Å²) in [6.45, 7) is 1.91. The van der Waals surface area contributed by atoms with Gasteiger partial charge in [0.15, 0.2) is 0 Å². The molecule has 0 unspecified atom stereocenters. The number of ether oxygens (including phenoxy) is 2. The minimum atomic E-state index is -0.217. The van der Waals surface area contributed by atoms with Crippen LogP contribution in [0.15, 0.2) is 35.1 Å². The van der Waals surface area contributed by atoms with E-state index in [0.717, 1.165) is 5.75 Å². The van der Waals surface area contributed by atoms with Crippen molar-refractivity contribution < 1.29 is 9.47 Å². The highest BCUT2D eigenvalue weighted by molar-refractivity contribution is 5.33. The molecule has 0 aliphatic heterocycles. The minimum absolute atomic E-state index is 0.217. The van der Waals surface area contributed by atoms with Gasteiger partial charge < -0.3 is 14.5 Å². The first-order valence-electron chi connectivity index (χ1n) is 5.63. The monoisotopic (exact) mass is 246 g/mol. The Bertz CT molecular complexity index is 576. The van der Waals surface area contributed by atoms with Crippen LogP contribution in [0.25, 0.3) is 0 Å². The van der Waals surface area contributed by atoms with Gasteiger partial charge in [-0.2, -0.15) is 4.98 Å². The maximum Gasteiger partial charge on any atom is 0.254 e. The van der Waals surface area contributed by atoms with Crippen molar-refractivity contribution in [1.82, 2.24) is 9.97 Å². The lowest BCUT2D eigenvalue weighted by atomic mass is 10.3. The molecule has 18 heavy (non-hydrogen) atoms. The molecule has 0 spiro atoms. The van der Waals surface area contributed by atoms with Gasteiger partial charge in [0, 0.05) is 6.42 Å². The first kappa shape index (κ1) is 12.2.